The summed E-state index contributed by atoms with van der Waals surface area (Å²) in [6.45, 7) is 0. The van der Waals surface area contributed by atoms with E-state index in [1.54, 1.807) is 38.4 Å². The Balaban J connectivity index is 1.69. The molecule has 2 aromatic carbocycles. The number of hydrogen-bond donors (Lipinski definition) is 1. The van der Waals surface area contributed by atoms with Crippen LogP contribution >= 0.6 is 27.7 Å². The summed E-state index contributed by atoms with van der Waals surface area (Å²) in [5.41, 5.74) is 1.40. The van der Waals surface area contributed by atoms with Gasteiger partial charge in [0.15, 0.2) is 5.17 Å². The number of ether oxygens (including phenoxy) is 1. The maximum Gasteiger partial charge on any atom is 0.247 e. The summed E-state index contributed by atoms with van der Waals surface area (Å²) in [6, 6.07) is 14.5. The van der Waals surface area contributed by atoms with Crippen LogP contribution in [0.25, 0.3) is 0 Å². The third-order valence-electron chi connectivity index (χ3n) is 3.99. The number of amides is 2. The Hall–Kier alpha value is -2.32. The van der Waals surface area contributed by atoms with Crippen molar-refractivity contribution in [3.8, 4) is 5.75 Å². The zero-order chi connectivity index (χ0) is 19.4. The first-order chi connectivity index (χ1) is 13.0. The average Bonchev–Trinajstić information content (AvgIpc) is 2.96. The lowest BCUT2D eigenvalue weighted by molar-refractivity contribution is -0.121. The van der Waals surface area contributed by atoms with E-state index in [1.165, 1.54) is 16.7 Å². The Morgan fingerprint density at radius 3 is 2.44 bits per heavy atom. The van der Waals surface area contributed by atoms with Crippen molar-refractivity contribution < 1.29 is 14.3 Å². The minimum Gasteiger partial charge on any atom is -0.497 e. The molecule has 140 valence electrons. The Bertz CT molecular complexity index is 869. The van der Waals surface area contributed by atoms with Crippen LogP contribution in [-0.2, 0) is 9.59 Å². The SMILES string of the molecule is CN=C(Nc1ccc(OC)cc1)SC1CC(=O)N(c2ccc(Br)cc2)C1=O. The van der Waals surface area contributed by atoms with Gasteiger partial charge in [-0.15, -0.1) is 0 Å². The van der Waals surface area contributed by atoms with Gasteiger partial charge in [-0.25, -0.2) is 4.90 Å². The average molecular weight is 448 g/mol. The zero-order valence-electron chi connectivity index (χ0n) is 14.8. The highest BCUT2D eigenvalue weighted by Crippen LogP contribution is 2.31. The lowest BCUT2D eigenvalue weighted by atomic mass is 10.3. The van der Waals surface area contributed by atoms with E-state index in [0.29, 0.717) is 10.9 Å². The fourth-order valence-corrected chi connectivity index (χ4v) is 3.88. The van der Waals surface area contributed by atoms with Crippen LogP contribution in [-0.4, -0.2) is 36.4 Å². The van der Waals surface area contributed by atoms with Crippen LogP contribution in [0.3, 0.4) is 0 Å². The predicted molar refractivity (Wildman–Crippen MR) is 113 cm³/mol. The summed E-state index contributed by atoms with van der Waals surface area (Å²) in [5.74, 6) is 0.314. The minimum atomic E-state index is -0.509. The number of methoxy groups -OCH3 is 1. The molecule has 3 rings (SSSR count). The van der Waals surface area contributed by atoms with Crippen molar-refractivity contribution in [2.24, 2.45) is 4.99 Å². The number of amidine groups is 1. The number of nitrogens with zero attached hydrogens (tertiary/aromatic N) is 2. The standard InChI is InChI=1S/C19H18BrN3O3S/c1-21-19(22-13-5-9-15(26-2)10-6-13)27-16-11-17(24)23(18(16)25)14-7-3-12(20)4-8-14/h3-10,16H,11H2,1-2H3,(H,21,22). The minimum absolute atomic E-state index is 0.142. The fourth-order valence-electron chi connectivity index (χ4n) is 2.63. The number of rotatable bonds is 4. The van der Waals surface area contributed by atoms with Gasteiger partial charge in [-0.05, 0) is 48.5 Å². The van der Waals surface area contributed by atoms with Crippen LogP contribution in [0.2, 0.25) is 0 Å². The Labute approximate surface area is 170 Å². The van der Waals surface area contributed by atoms with Crippen molar-refractivity contribution in [1.82, 2.24) is 0 Å². The third-order valence-corrected chi connectivity index (χ3v) is 5.68. The normalized spacial score (nSPS) is 17.4. The molecule has 1 unspecified atom stereocenters. The molecule has 1 fully saturated rings. The first-order valence-electron chi connectivity index (χ1n) is 8.18. The lowest BCUT2D eigenvalue weighted by Gasteiger charge is -2.16. The van der Waals surface area contributed by atoms with E-state index in [1.807, 2.05) is 24.3 Å². The molecule has 1 aliphatic heterocycles. The second kappa shape index (κ2) is 8.58. The van der Waals surface area contributed by atoms with E-state index in [-0.39, 0.29) is 18.2 Å². The molecule has 1 heterocycles. The highest BCUT2D eigenvalue weighted by molar-refractivity contribution is 9.10. The van der Waals surface area contributed by atoms with Gasteiger partial charge in [0.25, 0.3) is 0 Å². The van der Waals surface area contributed by atoms with Crippen molar-refractivity contribution >= 4 is 56.0 Å². The van der Waals surface area contributed by atoms with E-state index >= 15 is 0 Å². The fraction of sp³-hybridized carbons (Fsp3) is 0.211. The van der Waals surface area contributed by atoms with Gasteiger partial charge in [0.2, 0.25) is 11.8 Å². The van der Waals surface area contributed by atoms with Crippen molar-refractivity contribution in [2.45, 2.75) is 11.7 Å². The summed E-state index contributed by atoms with van der Waals surface area (Å²) in [4.78, 5) is 30.6. The largest absolute Gasteiger partial charge is 0.497 e. The van der Waals surface area contributed by atoms with Gasteiger partial charge in [-0.1, -0.05) is 27.7 Å². The molecule has 0 aliphatic carbocycles. The van der Waals surface area contributed by atoms with E-state index in [0.717, 1.165) is 15.9 Å². The number of thioether (sulfide) groups is 1. The molecule has 0 aromatic heterocycles. The molecule has 1 atom stereocenters. The van der Waals surface area contributed by atoms with Crippen molar-refractivity contribution in [2.75, 3.05) is 24.4 Å². The highest BCUT2D eigenvalue weighted by Gasteiger charge is 2.40. The first kappa shape index (κ1) is 19.4. The molecule has 2 aromatic rings. The Morgan fingerprint density at radius 2 is 1.85 bits per heavy atom. The number of benzene rings is 2. The summed E-state index contributed by atoms with van der Waals surface area (Å²) in [7, 11) is 3.25. The maximum atomic E-state index is 12.8. The summed E-state index contributed by atoms with van der Waals surface area (Å²) in [6.07, 6.45) is 0.142. The number of nitrogens with one attached hydrogen (secondary N) is 1. The summed E-state index contributed by atoms with van der Waals surface area (Å²) >= 11 is 4.61. The summed E-state index contributed by atoms with van der Waals surface area (Å²) in [5, 5.41) is 3.24. The molecular weight excluding hydrogens is 430 g/mol. The molecule has 6 nitrogen and oxygen atoms in total. The van der Waals surface area contributed by atoms with Crippen molar-refractivity contribution in [3.63, 3.8) is 0 Å². The van der Waals surface area contributed by atoms with E-state index in [4.69, 9.17) is 4.74 Å². The Morgan fingerprint density at radius 1 is 1.19 bits per heavy atom. The number of anilines is 2. The maximum absolute atomic E-state index is 12.8. The number of imide groups is 1. The topological polar surface area (TPSA) is 71.0 Å². The third kappa shape index (κ3) is 4.51. The molecule has 0 bridgehead atoms. The van der Waals surface area contributed by atoms with Crippen LogP contribution in [0.4, 0.5) is 11.4 Å². The van der Waals surface area contributed by atoms with E-state index < -0.39 is 5.25 Å². The number of hydrogen-bond acceptors (Lipinski definition) is 5. The zero-order valence-corrected chi connectivity index (χ0v) is 17.2. The number of carbonyl (C=O) groups excluding carboxylic acids is 2. The summed E-state index contributed by atoms with van der Waals surface area (Å²) < 4.78 is 6.03. The number of carbonyl (C=O) groups is 2. The van der Waals surface area contributed by atoms with Crippen molar-refractivity contribution in [1.29, 1.82) is 0 Å². The van der Waals surface area contributed by atoms with Gasteiger partial charge in [0, 0.05) is 23.6 Å². The molecule has 1 aliphatic rings. The van der Waals surface area contributed by atoms with Gasteiger partial charge in [0.1, 0.15) is 11.0 Å². The second-order valence-corrected chi connectivity index (χ2v) is 7.84. The predicted octanol–water partition coefficient (Wildman–Crippen LogP) is 3.92. The smallest absolute Gasteiger partial charge is 0.247 e. The van der Waals surface area contributed by atoms with Gasteiger partial charge in [-0.3, -0.25) is 14.6 Å². The van der Waals surface area contributed by atoms with Crippen molar-refractivity contribution in [3.05, 3.63) is 53.0 Å². The van der Waals surface area contributed by atoms with Crippen LogP contribution in [0.1, 0.15) is 6.42 Å². The van der Waals surface area contributed by atoms with Crippen LogP contribution in [0, 0.1) is 0 Å². The van der Waals surface area contributed by atoms with Gasteiger partial charge in [0.05, 0.1) is 12.8 Å². The van der Waals surface area contributed by atoms with Crippen LogP contribution in [0.5, 0.6) is 5.75 Å². The molecule has 27 heavy (non-hydrogen) atoms. The molecule has 1 saturated heterocycles. The number of aliphatic imine (C=N–C) groups is 1. The molecule has 0 radical (unpaired) electrons. The molecular formula is C19H18BrN3O3S. The van der Waals surface area contributed by atoms with Crippen LogP contribution in [0.15, 0.2) is 58.0 Å². The molecule has 0 spiro atoms. The second-order valence-electron chi connectivity index (χ2n) is 5.74. The quantitative estimate of drug-likeness (QED) is 0.436. The number of halogens is 1. The molecule has 8 heteroatoms. The molecule has 1 N–H and O–H groups in total. The van der Waals surface area contributed by atoms with Gasteiger partial charge in [-0.2, -0.15) is 0 Å². The van der Waals surface area contributed by atoms with E-state index in [9.17, 15) is 9.59 Å². The van der Waals surface area contributed by atoms with Crippen LogP contribution < -0.4 is 15.0 Å². The van der Waals surface area contributed by atoms with E-state index in [2.05, 4.69) is 26.2 Å². The lowest BCUT2D eigenvalue weighted by Crippen LogP contribution is -2.31. The van der Waals surface area contributed by atoms with Gasteiger partial charge < -0.3 is 10.1 Å². The first-order valence-corrected chi connectivity index (χ1v) is 9.86. The monoisotopic (exact) mass is 447 g/mol. The molecule has 2 amide bonds. The Kier molecular flexibility index (Phi) is 6.18. The molecule has 0 saturated carbocycles. The highest BCUT2D eigenvalue weighted by atomic mass is 79.9. The van der Waals surface area contributed by atoms with Gasteiger partial charge >= 0.3 is 0 Å².